The minimum absolute atomic E-state index is 0.0265. The number of aryl methyl sites for hydroxylation is 1. The molecule has 0 unspecified atom stereocenters. The Morgan fingerprint density at radius 3 is 2.61 bits per heavy atom. The lowest BCUT2D eigenvalue weighted by atomic mass is 10.1. The maximum atomic E-state index is 12.1. The molecule has 0 atom stereocenters. The molecule has 0 aliphatic heterocycles. The van der Waals surface area contributed by atoms with Crippen LogP contribution in [-0.2, 0) is 0 Å². The van der Waals surface area contributed by atoms with Crippen molar-refractivity contribution in [2.75, 3.05) is 0 Å². The second-order valence-electron chi connectivity index (χ2n) is 4.41. The van der Waals surface area contributed by atoms with Crippen LogP contribution in [0.25, 0.3) is 0 Å². The molecule has 1 aliphatic rings. The Hall–Kier alpha value is -1.68. The number of hydrogen-bond acceptors (Lipinski definition) is 4. The molecule has 0 spiro atoms. The van der Waals surface area contributed by atoms with Crippen LogP contribution in [0.2, 0.25) is 0 Å². The third-order valence-electron chi connectivity index (χ3n) is 2.79. The fourth-order valence-electron chi connectivity index (χ4n) is 1.67. The van der Waals surface area contributed by atoms with Gasteiger partial charge in [0.15, 0.2) is 0 Å². The SMILES string of the molecule is Cc1ncc(C(=O)c2ccc(OC3CC3)cc2)s1. The first kappa shape index (κ1) is 11.4. The van der Waals surface area contributed by atoms with Crippen molar-refractivity contribution in [3.8, 4) is 5.75 Å². The fraction of sp³-hybridized carbons (Fsp3) is 0.286. The minimum atomic E-state index is 0.0265. The Kier molecular flexibility index (Phi) is 2.88. The molecule has 92 valence electrons. The van der Waals surface area contributed by atoms with Gasteiger partial charge in [-0.15, -0.1) is 11.3 Å². The highest BCUT2D eigenvalue weighted by atomic mass is 32.1. The van der Waals surface area contributed by atoms with Crippen LogP contribution in [0.3, 0.4) is 0 Å². The molecule has 3 nitrogen and oxygen atoms in total. The standard InChI is InChI=1S/C14H13NO2S/c1-9-15-8-13(18-9)14(16)10-2-4-11(5-3-10)17-12-6-7-12/h2-5,8,12H,6-7H2,1H3. The quantitative estimate of drug-likeness (QED) is 0.791. The van der Waals surface area contributed by atoms with Crippen molar-refractivity contribution in [3.05, 3.63) is 45.9 Å². The van der Waals surface area contributed by atoms with Gasteiger partial charge >= 0.3 is 0 Å². The molecular weight excluding hydrogens is 246 g/mol. The number of ether oxygens (including phenoxy) is 1. The molecule has 4 heteroatoms. The summed E-state index contributed by atoms with van der Waals surface area (Å²) in [6.07, 6.45) is 4.30. The maximum Gasteiger partial charge on any atom is 0.204 e. The molecule has 0 amide bonds. The average Bonchev–Trinajstić information content (AvgIpc) is 3.09. The average molecular weight is 259 g/mol. The molecule has 1 fully saturated rings. The number of aromatic nitrogens is 1. The highest BCUT2D eigenvalue weighted by Crippen LogP contribution is 2.27. The second-order valence-corrected chi connectivity index (χ2v) is 5.65. The van der Waals surface area contributed by atoms with E-state index in [4.69, 9.17) is 4.74 Å². The zero-order chi connectivity index (χ0) is 12.5. The van der Waals surface area contributed by atoms with Crippen LogP contribution in [0.1, 0.15) is 33.1 Å². The zero-order valence-electron chi connectivity index (χ0n) is 10.1. The monoisotopic (exact) mass is 259 g/mol. The number of carbonyl (C=O) groups is 1. The molecule has 2 aromatic rings. The van der Waals surface area contributed by atoms with Crippen LogP contribution in [0.15, 0.2) is 30.5 Å². The molecule has 1 aromatic carbocycles. The predicted octanol–water partition coefficient (Wildman–Crippen LogP) is 3.22. The van der Waals surface area contributed by atoms with E-state index in [1.54, 1.807) is 6.20 Å². The van der Waals surface area contributed by atoms with Crippen LogP contribution in [-0.4, -0.2) is 16.9 Å². The molecule has 0 N–H and O–H groups in total. The number of nitrogens with zero attached hydrogens (tertiary/aromatic N) is 1. The largest absolute Gasteiger partial charge is 0.490 e. The fourth-order valence-corrected chi connectivity index (χ4v) is 2.41. The van der Waals surface area contributed by atoms with E-state index >= 15 is 0 Å². The van der Waals surface area contributed by atoms with Gasteiger partial charge in [0.2, 0.25) is 5.78 Å². The Morgan fingerprint density at radius 2 is 2.06 bits per heavy atom. The molecule has 1 saturated carbocycles. The molecule has 1 aromatic heterocycles. The van der Waals surface area contributed by atoms with E-state index in [1.807, 2.05) is 31.2 Å². The van der Waals surface area contributed by atoms with Crippen molar-refractivity contribution < 1.29 is 9.53 Å². The van der Waals surface area contributed by atoms with Crippen LogP contribution >= 0.6 is 11.3 Å². The van der Waals surface area contributed by atoms with Gasteiger partial charge in [0.25, 0.3) is 0 Å². The van der Waals surface area contributed by atoms with Gasteiger partial charge in [0.1, 0.15) is 5.75 Å². The smallest absolute Gasteiger partial charge is 0.204 e. The van der Waals surface area contributed by atoms with Crippen molar-refractivity contribution in [1.82, 2.24) is 4.98 Å². The first-order chi connectivity index (χ1) is 8.72. The lowest BCUT2D eigenvalue weighted by molar-refractivity contribution is 0.104. The number of ketones is 1. The van der Waals surface area contributed by atoms with E-state index in [2.05, 4.69) is 4.98 Å². The zero-order valence-corrected chi connectivity index (χ0v) is 10.9. The van der Waals surface area contributed by atoms with Gasteiger partial charge in [-0.3, -0.25) is 4.79 Å². The van der Waals surface area contributed by atoms with Crippen molar-refractivity contribution >= 4 is 17.1 Å². The maximum absolute atomic E-state index is 12.1. The third kappa shape index (κ3) is 2.43. The van der Waals surface area contributed by atoms with E-state index in [0.29, 0.717) is 16.5 Å². The summed E-state index contributed by atoms with van der Waals surface area (Å²) >= 11 is 1.42. The molecule has 0 bridgehead atoms. The Bertz CT molecular complexity index is 570. The Labute approximate surface area is 109 Å². The van der Waals surface area contributed by atoms with E-state index in [1.165, 1.54) is 11.3 Å². The highest BCUT2D eigenvalue weighted by molar-refractivity contribution is 7.13. The number of benzene rings is 1. The first-order valence-corrected chi connectivity index (χ1v) is 6.78. The van der Waals surface area contributed by atoms with Crippen molar-refractivity contribution in [1.29, 1.82) is 0 Å². The first-order valence-electron chi connectivity index (χ1n) is 5.96. The normalized spacial score (nSPS) is 14.5. The van der Waals surface area contributed by atoms with Gasteiger partial charge in [0.05, 0.1) is 16.0 Å². The molecule has 0 radical (unpaired) electrons. The summed E-state index contributed by atoms with van der Waals surface area (Å²) in [4.78, 5) is 16.9. The van der Waals surface area contributed by atoms with Gasteiger partial charge in [-0.25, -0.2) is 4.98 Å². The van der Waals surface area contributed by atoms with E-state index in [-0.39, 0.29) is 5.78 Å². The Morgan fingerprint density at radius 1 is 1.33 bits per heavy atom. The van der Waals surface area contributed by atoms with Crippen LogP contribution in [0.4, 0.5) is 0 Å². The van der Waals surface area contributed by atoms with Crippen molar-refractivity contribution in [3.63, 3.8) is 0 Å². The Balaban J connectivity index is 1.77. The van der Waals surface area contributed by atoms with Gasteiger partial charge in [-0.05, 0) is 44.0 Å². The molecule has 3 rings (SSSR count). The van der Waals surface area contributed by atoms with Gasteiger partial charge in [-0.2, -0.15) is 0 Å². The van der Waals surface area contributed by atoms with E-state index in [9.17, 15) is 4.79 Å². The van der Waals surface area contributed by atoms with E-state index in [0.717, 1.165) is 23.6 Å². The number of rotatable bonds is 4. The lowest BCUT2D eigenvalue weighted by Gasteiger charge is -2.04. The van der Waals surface area contributed by atoms with Crippen LogP contribution in [0.5, 0.6) is 5.75 Å². The van der Waals surface area contributed by atoms with Gasteiger partial charge in [0, 0.05) is 11.8 Å². The summed E-state index contributed by atoms with van der Waals surface area (Å²) in [6.45, 7) is 1.90. The summed E-state index contributed by atoms with van der Waals surface area (Å²) in [5.41, 5.74) is 0.682. The van der Waals surface area contributed by atoms with Gasteiger partial charge in [-0.1, -0.05) is 0 Å². The van der Waals surface area contributed by atoms with E-state index < -0.39 is 0 Å². The van der Waals surface area contributed by atoms with Crippen LogP contribution in [0, 0.1) is 6.92 Å². The van der Waals surface area contributed by atoms with Gasteiger partial charge < -0.3 is 4.74 Å². The lowest BCUT2D eigenvalue weighted by Crippen LogP contribution is -2.00. The molecule has 1 heterocycles. The second kappa shape index (κ2) is 4.53. The summed E-state index contributed by atoms with van der Waals surface area (Å²) in [6, 6.07) is 7.35. The number of hydrogen-bond donors (Lipinski definition) is 0. The molecule has 1 aliphatic carbocycles. The summed E-state index contributed by atoms with van der Waals surface area (Å²) in [5.74, 6) is 0.869. The topological polar surface area (TPSA) is 39.2 Å². The highest BCUT2D eigenvalue weighted by Gasteiger charge is 2.23. The minimum Gasteiger partial charge on any atom is -0.490 e. The predicted molar refractivity (Wildman–Crippen MR) is 70.4 cm³/mol. The summed E-state index contributed by atoms with van der Waals surface area (Å²) in [5, 5.41) is 0.909. The van der Waals surface area contributed by atoms with Crippen molar-refractivity contribution in [2.24, 2.45) is 0 Å². The van der Waals surface area contributed by atoms with Crippen LogP contribution < -0.4 is 4.74 Å². The number of thiazole rings is 1. The molecule has 0 saturated heterocycles. The summed E-state index contributed by atoms with van der Waals surface area (Å²) < 4.78 is 5.65. The molecule has 18 heavy (non-hydrogen) atoms. The van der Waals surface area contributed by atoms with Crippen molar-refractivity contribution in [2.45, 2.75) is 25.9 Å². The number of carbonyl (C=O) groups excluding carboxylic acids is 1. The molecular formula is C14H13NO2S. The summed E-state index contributed by atoms with van der Waals surface area (Å²) in [7, 11) is 0. The third-order valence-corrected chi connectivity index (χ3v) is 3.70.